The van der Waals surface area contributed by atoms with E-state index >= 15 is 0 Å². The normalized spacial score (nSPS) is 13.1. The average Bonchev–Trinajstić information content (AvgIpc) is 3.00. The van der Waals surface area contributed by atoms with Gasteiger partial charge in [0.1, 0.15) is 0 Å². The number of hydrogen-bond acceptors (Lipinski definition) is 2. The van der Waals surface area contributed by atoms with E-state index in [1.54, 1.807) is 0 Å². The number of nitrogens with one attached hydrogen (secondary N) is 2. The number of fused-ring (bicyclic) bond motifs is 1. The molecule has 0 bridgehead atoms. The van der Waals surface area contributed by atoms with Crippen LogP contribution in [0.25, 0.3) is 0 Å². The first-order valence-corrected chi connectivity index (χ1v) is 7.66. The Morgan fingerprint density at radius 1 is 1.00 bits per heavy atom. The summed E-state index contributed by atoms with van der Waals surface area (Å²) in [6.07, 6.45) is -4.30. The third kappa shape index (κ3) is 4.96. The quantitative estimate of drug-likeness (QED) is 0.863. The zero-order valence-corrected chi connectivity index (χ0v) is 14.1. The molecule has 0 aromatic heterocycles. The molecular formula is C18H18ClF3N2O. The van der Waals surface area contributed by atoms with Crippen LogP contribution in [-0.4, -0.2) is 5.91 Å². The highest BCUT2D eigenvalue weighted by atomic mass is 35.5. The smallest absolute Gasteiger partial charge is 0.352 e. The molecule has 1 heterocycles. The molecule has 2 N–H and O–H groups in total. The zero-order valence-electron chi connectivity index (χ0n) is 13.3. The first-order valence-electron chi connectivity index (χ1n) is 7.66. The van der Waals surface area contributed by atoms with Crippen LogP contribution in [0, 0.1) is 0 Å². The largest absolute Gasteiger partial charge is 0.416 e. The predicted molar refractivity (Wildman–Crippen MR) is 91.2 cm³/mol. The predicted octanol–water partition coefficient (Wildman–Crippen LogP) is 3.59. The molecule has 2 aromatic carbocycles. The van der Waals surface area contributed by atoms with E-state index in [1.807, 2.05) is 12.1 Å². The number of carbonyl (C=O) groups excluding carboxylic acids is 1. The lowest BCUT2D eigenvalue weighted by molar-refractivity contribution is -0.137. The molecule has 3 rings (SSSR count). The van der Waals surface area contributed by atoms with E-state index in [9.17, 15) is 18.0 Å². The van der Waals surface area contributed by atoms with Crippen LogP contribution in [0.5, 0.6) is 0 Å². The van der Waals surface area contributed by atoms with Gasteiger partial charge in [0, 0.05) is 19.6 Å². The van der Waals surface area contributed by atoms with E-state index in [-0.39, 0.29) is 24.7 Å². The van der Waals surface area contributed by atoms with Gasteiger partial charge in [-0.25, -0.2) is 0 Å². The highest BCUT2D eigenvalue weighted by Gasteiger charge is 2.29. The molecule has 1 amide bonds. The average molecular weight is 371 g/mol. The van der Waals surface area contributed by atoms with Gasteiger partial charge in [0.05, 0.1) is 12.0 Å². The second-order valence-electron chi connectivity index (χ2n) is 5.85. The maximum Gasteiger partial charge on any atom is 0.416 e. The minimum atomic E-state index is -4.36. The lowest BCUT2D eigenvalue weighted by Crippen LogP contribution is -2.24. The minimum absolute atomic E-state index is 0. The van der Waals surface area contributed by atoms with Crippen LogP contribution in [0.4, 0.5) is 13.2 Å². The SMILES string of the molecule is Cl.O=C(Cc1ccc(C(F)(F)F)cc1)NCc1ccc2c(c1)CNC2. The molecule has 0 unspecified atom stereocenters. The van der Waals surface area contributed by atoms with Crippen molar-refractivity contribution in [1.29, 1.82) is 0 Å². The Kier molecular flexibility index (Phi) is 6.08. The monoisotopic (exact) mass is 370 g/mol. The van der Waals surface area contributed by atoms with Crippen molar-refractivity contribution < 1.29 is 18.0 Å². The maximum absolute atomic E-state index is 12.5. The minimum Gasteiger partial charge on any atom is -0.352 e. The first kappa shape index (κ1) is 19.3. The van der Waals surface area contributed by atoms with E-state index < -0.39 is 11.7 Å². The van der Waals surface area contributed by atoms with Crippen molar-refractivity contribution in [3.05, 3.63) is 70.3 Å². The van der Waals surface area contributed by atoms with Crippen molar-refractivity contribution in [2.24, 2.45) is 0 Å². The fraction of sp³-hybridized carbons (Fsp3) is 0.278. The highest BCUT2D eigenvalue weighted by molar-refractivity contribution is 5.85. The van der Waals surface area contributed by atoms with E-state index in [1.165, 1.54) is 23.3 Å². The fourth-order valence-corrected chi connectivity index (χ4v) is 2.72. The standard InChI is InChI=1S/C18H17F3N2O.ClH/c19-18(20,21)16-5-2-12(3-6-16)8-17(24)23-9-13-1-4-14-10-22-11-15(14)7-13;/h1-7,22H,8-11H2,(H,23,24);1H. The van der Waals surface area contributed by atoms with Gasteiger partial charge in [-0.2, -0.15) is 13.2 Å². The molecule has 0 saturated carbocycles. The van der Waals surface area contributed by atoms with Crippen molar-refractivity contribution in [3.8, 4) is 0 Å². The van der Waals surface area contributed by atoms with Crippen LogP contribution in [0.15, 0.2) is 42.5 Å². The molecule has 0 saturated heterocycles. The lowest BCUT2D eigenvalue weighted by atomic mass is 10.1. The van der Waals surface area contributed by atoms with Gasteiger partial charge in [-0.05, 0) is 34.4 Å². The van der Waals surface area contributed by atoms with Crippen LogP contribution in [0.1, 0.15) is 27.8 Å². The third-order valence-corrected chi connectivity index (χ3v) is 4.04. The molecule has 1 aliphatic heterocycles. The topological polar surface area (TPSA) is 41.1 Å². The number of alkyl halides is 3. The Morgan fingerprint density at radius 3 is 2.32 bits per heavy atom. The molecule has 0 atom stereocenters. The van der Waals surface area contributed by atoms with E-state index in [4.69, 9.17) is 0 Å². The summed E-state index contributed by atoms with van der Waals surface area (Å²) >= 11 is 0. The summed E-state index contributed by atoms with van der Waals surface area (Å²) in [5.74, 6) is -0.214. The fourth-order valence-electron chi connectivity index (χ4n) is 2.72. The van der Waals surface area contributed by atoms with Gasteiger partial charge in [-0.1, -0.05) is 30.3 Å². The number of carbonyl (C=O) groups is 1. The molecule has 25 heavy (non-hydrogen) atoms. The highest BCUT2D eigenvalue weighted by Crippen LogP contribution is 2.29. The van der Waals surface area contributed by atoms with Crippen LogP contribution in [-0.2, 0) is 37.0 Å². The Morgan fingerprint density at radius 2 is 1.64 bits per heavy atom. The van der Waals surface area contributed by atoms with Crippen LogP contribution < -0.4 is 10.6 Å². The van der Waals surface area contributed by atoms with Crippen LogP contribution in [0.2, 0.25) is 0 Å². The molecule has 0 fully saturated rings. The summed E-state index contributed by atoms with van der Waals surface area (Å²) in [5, 5.41) is 6.06. The third-order valence-electron chi connectivity index (χ3n) is 4.04. The van der Waals surface area contributed by atoms with Crippen molar-refractivity contribution in [1.82, 2.24) is 10.6 Å². The van der Waals surface area contributed by atoms with E-state index in [0.29, 0.717) is 12.1 Å². The Bertz CT molecular complexity index is 745. The number of benzene rings is 2. The second-order valence-corrected chi connectivity index (χ2v) is 5.85. The van der Waals surface area contributed by atoms with Crippen LogP contribution in [0.3, 0.4) is 0 Å². The zero-order chi connectivity index (χ0) is 17.2. The van der Waals surface area contributed by atoms with Gasteiger partial charge in [0.25, 0.3) is 0 Å². The van der Waals surface area contributed by atoms with Gasteiger partial charge < -0.3 is 10.6 Å². The second kappa shape index (κ2) is 7.89. The maximum atomic E-state index is 12.5. The number of amides is 1. The molecule has 0 aliphatic carbocycles. The van der Waals surface area contributed by atoms with E-state index in [2.05, 4.69) is 16.7 Å². The summed E-state index contributed by atoms with van der Waals surface area (Å²) in [4.78, 5) is 12.0. The lowest BCUT2D eigenvalue weighted by Gasteiger charge is -2.09. The number of halogens is 4. The van der Waals surface area contributed by atoms with E-state index in [0.717, 1.165) is 30.8 Å². The van der Waals surface area contributed by atoms with Gasteiger partial charge in [-0.15, -0.1) is 12.4 Å². The summed E-state index contributed by atoms with van der Waals surface area (Å²) in [7, 11) is 0. The summed E-state index contributed by atoms with van der Waals surface area (Å²) in [5.41, 5.74) is 3.37. The van der Waals surface area contributed by atoms with Gasteiger partial charge in [0.2, 0.25) is 5.91 Å². The van der Waals surface area contributed by atoms with Crippen molar-refractivity contribution >= 4 is 18.3 Å². The van der Waals surface area contributed by atoms with Crippen molar-refractivity contribution in [3.63, 3.8) is 0 Å². The molecule has 0 spiro atoms. The van der Waals surface area contributed by atoms with Crippen molar-refractivity contribution in [2.75, 3.05) is 0 Å². The van der Waals surface area contributed by atoms with Crippen molar-refractivity contribution in [2.45, 2.75) is 32.2 Å². The molecule has 7 heteroatoms. The molecule has 134 valence electrons. The molecule has 0 radical (unpaired) electrons. The Labute approximate surface area is 150 Å². The number of rotatable bonds is 4. The summed E-state index contributed by atoms with van der Waals surface area (Å²) in [6, 6.07) is 10.8. The number of hydrogen-bond donors (Lipinski definition) is 2. The molecule has 2 aromatic rings. The van der Waals surface area contributed by atoms with Gasteiger partial charge in [-0.3, -0.25) is 4.79 Å². The first-order chi connectivity index (χ1) is 11.4. The molecular weight excluding hydrogens is 353 g/mol. The Hall–Kier alpha value is -2.05. The van der Waals surface area contributed by atoms with Gasteiger partial charge >= 0.3 is 6.18 Å². The summed E-state index contributed by atoms with van der Waals surface area (Å²) < 4.78 is 37.5. The Balaban J connectivity index is 0.00000225. The summed E-state index contributed by atoms with van der Waals surface area (Å²) in [6.45, 7) is 2.12. The van der Waals surface area contributed by atoms with Gasteiger partial charge in [0.15, 0.2) is 0 Å². The molecule has 1 aliphatic rings. The molecule has 3 nitrogen and oxygen atoms in total. The van der Waals surface area contributed by atoms with Crippen LogP contribution >= 0.6 is 12.4 Å².